The van der Waals surface area contributed by atoms with Gasteiger partial charge < -0.3 is 0 Å². The highest BCUT2D eigenvalue weighted by Crippen LogP contribution is 2.16. The van der Waals surface area contributed by atoms with Crippen molar-refractivity contribution in [3.63, 3.8) is 0 Å². The van der Waals surface area contributed by atoms with Gasteiger partial charge in [-0.15, -0.1) is 0 Å². The molecule has 88 valence electrons. The van der Waals surface area contributed by atoms with Gasteiger partial charge in [-0.2, -0.15) is 0 Å². The molecule has 1 rings (SSSR count). The topological polar surface area (TPSA) is 17.1 Å². The normalized spacial score (nSPS) is 12.5. The van der Waals surface area contributed by atoms with Gasteiger partial charge in [0.1, 0.15) is 11.6 Å². The molecule has 0 amide bonds. The maximum Gasteiger partial charge on any atom is 0.146 e. The Balaban J connectivity index is 2.69. The van der Waals surface area contributed by atoms with Gasteiger partial charge in [0.25, 0.3) is 0 Å². The minimum absolute atomic E-state index is 0.185. The third-order valence-corrected chi connectivity index (χ3v) is 3.20. The first kappa shape index (κ1) is 13.4. The molecule has 0 spiro atoms. The third-order valence-electron chi connectivity index (χ3n) is 2.36. The number of halogens is 2. The molecule has 0 radical (unpaired) electrons. The van der Waals surface area contributed by atoms with E-state index in [0.717, 1.165) is 17.5 Å². The predicted molar refractivity (Wildman–Crippen MR) is 67.5 cm³/mol. The average molecular weight is 287 g/mol. The molecular weight excluding hydrogens is 271 g/mol. The molecule has 0 bridgehead atoms. The van der Waals surface area contributed by atoms with Crippen LogP contribution >= 0.6 is 15.9 Å². The minimum atomic E-state index is -0.238. The quantitative estimate of drug-likeness (QED) is 0.753. The Hall–Kier alpha value is -0.700. The lowest BCUT2D eigenvalue weighted by molar-refractivity contribution is -0.118. The second kappa shape index (κ2) is 6.14. The van der Waals surface area contributed by atoms with Gasteiger partial charge in [0.2, 0.25) is 0 Å². The monoisotopic (exact) mass is 286 g/mol. The molecule has 0 aliphatic carbocycles. The van der Waals surface area contributed by atoms with Gasteiger partial charge in [-0.3, -0.25) is 4.79 Å². The van der Waals surface area contributed by atoms with Crippen LogP contribution < -0.4 is 0 Å². The molecule has 1 atom stereocenters. The molecule has 0 saturated carbocycles. The number of carbonyl (C=O) groups excluding carboxylic acids is 1. The number of benzene rings is 1. The zero-order chi connectivity index (χ0) is 12.1. The molecule has 1 aromatic rings. The van der Waals surface area contributed by atoms with E-state index in [4.69, 9.17) is 0 Å². The van der Waals surface area contributed by atoms with E-state index in [1.54, 1.807) is 0 Å². The van der Waals surface area contributed by atoms with Crippen LogP contribution in [0.5, 0.6) is 0 Å². The standard InChI is InChI=1S/C13H16BrFO/c1-3-4-13(16)12(14)8-10-5-9(2)6-11(15)7-10/h5-7,12H,3-4,8H2,1-2H3. The van der Waals surface area contributed by atoms with Gasteiger partial charge in [-0.25, -0.2) is 4.39 Å². The fourth-order valence-corrected chi connectivity index (χ4v) is 2.26. The van der Waals surface area contributed by atoms with E-state index in [9.17, 15) is 9.18 Å². The van der Waals surface area contributed by atoms with Gasteiger partial charge in [0, 0.05) is 6.42 Å². The summed E-state index contributed by atoms with van der Waals surface area (Å²) < 4.78 is 13.1. The molecule has 0 saturated heterocycles. The average Bonchev–Trinajstić information content (AvgIpc) is 2.16. The molecule has 1 aromatic carbocycles. The van der Waals surface area contributed by atoms with Crippen LogP contribution in [0.3, 0.4) is 0 Å². The molecule has 1 nitrogen and oxygen atoms in total. The maximum atomic E-state index is 13.1. The molecule has 3 heteroatoms. The van der Waals surface area contributed by atoms with Crippen LogP contribution in [-0.2, 0) is 11.2 Å². The Kier molecular flexibility index (Phi) is 5.13. The van der Waals surface area contributed by atoms with Crippen LogP contribution in [-0.4, -0.2) is 10.6 Å². The summed E-state index contributed by atoms with van der Waals surface area (Å²) in [6, 6.07) is 4.89. The lowest BCUT2D eigenvalue weighted by Crippen LogP contribution is -2.16. The molecule has 0 aliphatic rings. The number of carbonyl (C=O) groups is 1. The van der Waals surface area contributed by atoms with Crippen molar-refractivity contribution >= 4 is 21.7 Å². The summed E-state index contributed by atoms with van der Waals surface area (Å²) in [6.07, 6.45) is 1.98. The highest BCUT2D eigenvalue weighted by Gasteiger charge is 2.14. The van der Waals surface area contributed by atoms with Crippen LogP contribution in [0.1, 0.15) is 30.9 Å². The van der Waals surface area contributed by atoms with Crippen molar-refractivity contribution in [3.8, 4) is 0 Å². The molecule has 0 heterocycles. The summed E-state index contributed by atoms with van der Waals surface area (Å²) in [5.74, 6) is -0.0537. The highest BCUT2D eigenvalue weighted by molar-refractivity contribution is 9.10. The summed E-state index contributed by atoms with van der Waals surface area (Å²) in [5, 5.41) is 0. The Bertz CT molecular complexity index is 356. The second-order valence-electron chi connectivity index (χ2n) is 4.02. The fraction of sp³-hybridized carbons (Fsp3) is 0.462. The molecule has 0 N–H and O–H groups in total. The van der Waals surface area contributed by atoms with Gasteiger partial charge >= 0.3 is 0 Å². The van der Waals surface area contributed by atoms with Crippen LogP contribution in [0, 0.1) is 12.7 Å². The molecule has 1 unspecified atom stereocenters. The van der Waals surface area contributed by atoms with E-state index in [0.29, 0.717) is 12.8 Å². The van der Waals surface area contributed by atoms with Gasteiger partial charge in [0.05, 0.1) is 4.83 Å². The van der Waals surface area contributed by atoms with E-state index >= 15 is 0 Å². The van der Waals surface area contributed by atoms with Crippen molar-refractivity contribution in [3.05, 3.63) is 35.1 Å². The second-order valence-corrected chi connectivity index (χ2v) is 5.13. The molecule has 0 aromatic heterocycles. The number of hydrogen-bond donors (Lipinski definition) is 0. The van der Waals surface area contributed by atoms with Crippen molar-refractivity contribution in [2.75, 3.05) is 0 Å². The summed E-state index contributed by atoms with van der Waals surface area (Å²) in [4.78, 5) is 11.4. The molecule has 0 aliphatic heterocycles. The van der Waals surface area contributed by atoms with E-state index in [1.165, 1.54) is 12.1 Å². The van der Waals surface area contributed by atoms with Gasteiger partial charge in [-0.05, 0) is 43.0 Å². The zero-order valence-corrected chi connectivity index (χ0v) is 11.2. The number of aryl methyl sites for hydroxylation is 1. The van der Waals surface area contributed by atoms with E-state index in [-0.39, 0.29) is 16.4 Å². The first-order chi connectivity index (χ1) is 7.52. The van der Waals surface area contributed by atoms with E-state index in [2.05, 4.69) is 15.9 Å². The smallest absolute Gasteiger partial charge is 0.146 e. The summed E-state index contributed by atoms with van der Waals surface area (Å²) in [5.41, 5.74) is 1.75. The van der Waals surface area contributed by atoms with Crippen molar-refractivity contribution in [2.45, 2.75) is 37.9 Å². The Morgan fingerprint density at radius 3 is 2.69 bits per heavy atom. The van der Waals surface area contributed by atoms with Crippen LogP contribution in [0.2, 0.25) is 0 Å². The van der Waals surface area contributed by atoms with Crippen LogP contribution in [0.25, 0.3) is 0 Å². The van der Waals surface area contributed by atoms with E-state index < -0.39 is 0 Å². The first-order valence-electron chi connectivity index (χ1n) is 5.45. The summed E-state index contributed by atoms with van der Waals surface area (Å²) >= 11 is 3.36. The van der Waals surface area contributed by atoms with Gasteiger partial charge in [-0.1, -0.05) is 28.9 Å². The Morgan fingerprint density at radius 2 is 2.12 bits per heavy atom. The SMILES string of the molecule is CCCC(=O)C(Br)Cc1cc(C)cc(F)c1. The first-order valence-corrected chi connectivity index (χ1v) is 6.37. The Morgan fingerprint density at radius 1 is 1.44 bits per heavy atom. The number of ketones is 1. The number of alkyl halides is 1. The predicted octanol–water partition coefficient (Wildman–Crippen LogP) is 3.81. The number of rotatable bonds is 5. The molecule has 16 heavy (non-hydrogen) atoms. The number of Topliss-reactive ketones (excluding diaryl/α,β-unsaturated/α-hetero) is 1. The molecular formula is C13H16BrFO. The highest BCUT2D eigenvalue weighted by atomic mass is 79.9. The van der Waals surface area contributed by atoms with Crippen LogP contribution in [0.4, 0.5) is 4.39 Å². The fourth-order valence-electron chi connectivity index (χ4n) is 1.65. The Labute approximate surface area is 104 Å². The van der Waals surface area contributed by atoms with Crippen molar-refractivity contribution in [2.24, 2.45) is 0 Å². The van der Waals surface area contributed by atoms with Crippen molar-refractivity contribution < 1.29 is 9.18 Å². The summed E-state index contributed by atoms with van der Waals surface area (Å²) in [7, 11) is 0. The minimum Gasteiger partial charge on any atom is -0.298 e. The van der Waals surface area contributed by atoms with E-state index in [1.807, 2.05) is 19.9 Å². The maximum absolute atomic E-state index is 13.1. The van der Waals surface area contributed by atoms with Crippen LogP contribution in [0.15, 0.2) is 18.2 Å². The lowest BCUT2D eigenvalue weighted by atomic mass is 10.0. The van der Waals surface area contributed by atoms with Crippen molar-refractivity contribution in [1.29, 1.82) is 0 Å². The molecule has 0 fully saturated rings. The lowest BCUT2D eigenvalue weighted by Gasteiger charge is -2.09. The number of hydrogen-bond acceptors (Lipinski definition) is 1. The summed E-state index contributed by atoms with van der Waals surface area (Å²) in [6.45, 7) is 3.83. The van der Waals surface area contributed by atoms with Gasteiger partial charge in [0.15, 0.2) is 0 Å². The zero-order valence-electron chi connectivity index (χ0n) is 9.59. The van der Waals surface area contributed by atoms with Crippen molar-refractivity contribution in [1.82, 2.24) is 0 Å². The third kappa shape index (κ3) is 4.05. The largest absolute Gasteiger partial charge is 0.298 e.